The molecule has 4 nitrogen and oxygen atoms in total. The third-order valence-electron chi connectivity index (χ3n) is 4.91. The molecule has 2 atom stereocenters. The highest BCUT2D eigenvalue weighted by Gasteiger charge is 2.36. The molecular weight excluding hydrogens is 260 g/mol. The lowest BCUT2D eigenvalue weighted by Crippen LogP contribution is -2.35. The van der Waals surface area contributed by atoms with Crippen LogP contribution in [0.1, 0.15) is 64.6 Å². The van der Waals surface area contributed by atoms with E-state index < -0.39 is 0 Å². The molecule has 21 heavy (non-hydrogen) atoms. The van der Waals surface area contributed by atoms with E-state index in [1.807, 2.05) is 0 Å². The van der Waals surface area contributed by atoms with E-state index >= 15 is 0 Å². The van der Waals surface area contributed by atoms with Gasteiger partial charge in [-0.05, 0) is 32.1 Å². The Hall–Kier alpha value is -1.32. The number of hydrogen-bond acceptors (Lipinski definition) is 4. The molecule has 0 aromatic carbocycles. The Kier molecular flexibility index (Phi) is 4.32. The monoisotopic (exact) mass is 288 g/mol. The van der Waals surface area contributed by atoms with Crippen molar-refractivity contribution < 1.29 is 0 Å². The second-order valence-corrected chi connectivity index (χ2v) is 6.75. The van der Waals surface area contributed by atoms with E-state index in [2.05, 4.69) is 42.0 Å². The summed E-state index contributed by atoms with van der Waals surface area (Å²) in [6.45, 7) is 8.52. The largest absolute Gasteiger partial charge is 0.370 e. The van der Waals surface area contributed by atoms with Crippen LogP contribution in [0.5, 0.6) is 0 Å². The van der Waals surface area contributed by atoms with Crippen molar-refractivity contribution in [2.24, 2.45) is 5.92 Å². The zero-order chi connectivity index (χ0) is 14.8. The lowest BCUT2D eigenvalue weighted by atomic mass is 9.85. The molecule has 1 aliphatic heterocycles. The van der Waals surface area contributed by atoms with Gasteiger partial charge in [-0.15, -0.1) is 0 Å². The zero-order valence-electron chi connectivity index (χ0n) is 13.6. The van der Waals surface area contributed by atoms with Gasteiger partial charge in [0.15, 0.2) is 0 Å². The summed E-state index contributed by atoms with van der Waals surface area (Å²) in [5, 5.41) is 3.36. The van der Waals surface area contributed by atoms with Crippen molar-refractivity contribution in [1.29, 1.82) is 0 Å². The molecule has 4 heteroatoms. The van der Waals surface area contributed by atoms with Crippen LogP contribution in [0.4, 0.5) is 11.6 Å². The highest BCUT2D eigenvalue weighted by molar-refractivity contribution is 5.51. The molecule has 0 amide bonds. The molecule has 0 spiro atoms. The normalized spacial score (nSPS) is 25.2. The SMILES string of the molecule is CCNc1cc(N2CCC3CCCCC32)nc(C(C)C)n1. The summed E-state index contributed by atoms with van der Waals surface area (Å²) in [5.41, 5.74) is 0. The molecule has 1 N–H and O–H groups in total. The quantitative estimate of drug-likeness (QED) is 0.915. The Morgan fingerprint density at radius 1 is 1.24 bits per heavy atom. The summed E-state index contributed by atoms with van der Waals surface area (Å²) >= 11 is 0. The summed E-state index contributed by atoms with van der Waals surface area (Å²) in [5.74, 6) is 4.33. The van der Waals surface area contributed by atoms with E-state index in [1.54, 1.807) is 0 Å². The van der Waals surface area contributed by atoms with E-state index in [-0.39, 0.29) is 0 Å². The molecule has 2 unspecified atom stereocenters. The molecule has 2 heterocycles. The van der Waals surface area contributed by atoms with Crippen molar-refractivity contribution >= 4 is 11.6 Å². The van der Waals surface area contributed by atoms with Gasteiger partial charge in [0.05, 0.1) is 0 Å². The standard InChI is InChI=1S/C17H28N4/c1-4-18-15-11-16(20-17(19-15)12(2)3)21-10-9-13-7-5-6-8-14(13)21/h11-14H,4-10H2,1-3H3,(H,18,19,20). The first-order valence-electron chi connectivity index (χ1n) is 8.58. The molecule has 0 bridgehead atoms. The van der Waals surface area contributed by atoms with Crippen molar-refractivity contribution in [2.45, 2.75) is 64.8 Å². The summed E-state index contributed by atoms with van der Waals surface area (Å²) in [7, 11) is 0. The molecule has 1 aromatic rings. The number of aromatic nitrogens is 2. The van der Waals surface area contributed by atoms with Crippen LogP contribution in [0, 0.1) is 5.92 Å². The number of nitrogens with zero attached hydrogens (tertiary/aromatic N) is 3. The first-order chi connectivity index (χ1) is 10.2. The number of hydrogen-bond donors (Lipinski definition) is 1. The van der Waals surface area contributed by atoms with Gasteiger partial charge < -0.3 is 10.2 Å². The Morgan fingerprint density at radius 3 is 2.81 bits per heavy atom. The van der Waals surface area contributed by atoms with E-state index in [9.17, 15) is 0 Å². The van der Waals surface area contributed by atoms with Crippen LogP contribution >= 0.6 is 0 Å². The van der Waals surface area contributed by atoms with Crippen molar-refractivity contribution in [3.05, 3.63) is 11.9 Å². The van der Waals surface area contributed by atoms with Crippen molar-refractivity contribution in [1.82, 2.24) is 9.97 Å². The minimum Gasteiger partial charge on any atom is -0.370 e. The fourth-order valence-electron chi connectivity index (χ4n) is 3.82. The Bertz CT molecular complexity index is 486. The van der Waals surface area contributed by atoms with Gasteiger partial charge in [-0.3, -0.25) is 0 Å². The molecule has 1 aliphatic carbocycles. The molecule has 1 saturated heterocycles. The third-order valence-corrected chi connectivity index (χ3v) is 4.91. The number of nitrogens with one attached hydrogen (secondary N) is 1. The minimum atomic E-state index is 0.368. The van der Waals surface area contributed by atoms with Crippen molar-refractivity contribution in [3.63, 3.8) is 0 Å². The average molecular weight is 288 g/mol. The second kappa shape index (κ2) is 6.20. The van der Waals surface area contributed by atoms with Crippen LogP contribution in [0.2, 0.25) is 0 Å². The Balaban J connectivity index is 1.89. The Labute approximate surface area is 128 Å². The van der Waals surface area contributed by atoms with Crippen molar-refractivity contribution in [2.75, 3.05) is 23.3 Å². The first-order valence-corrected chi connectivity index (χ1v) is 8.58. The fraction of sp³-hybridized carbons (Fsp3) is 0.765. The van der Waals surface area contributed by atoms with Gasteiger partial charge in [-0.25, -0.2) is 9.97 Å². The molecule has 2 aliphatic rings. The molecular formula is C17H28N4. The van der Waals surface area contributed by atoms with Gasteiger partial charge in [-0.2, -0.15) is 0 Å². The smallest absolute Gasteiger partial charge is 0.135 e. The lowest BCUT2D eigenvalue weighted by Gasteiger charge is -2.32. The lowest BCUT2D eigenvalue weighted by molar-refractivity contribution is 0.341. The molecule has 1 aromatic heterocycles. The predicted molar refractivity (Wildman–Crippen MR) is 88.0 cm³/mol. The first kappa shape index (κ1) is 14.6. The minimum absolute atomic E-state index is 0.368. The van der Waals surface area contributed by atoms with E-state index in [4.69, 9.17) is 4.98 Å². The summed E-state index contributed by atoms with van der Waals surface area (Å²) in [4.78, 5) is 12.1. The predicted octanol–water partition coefficient (Wildman–Crippen LogP) is 3.80. The van der Waals surface area contributed by atoms with Crippen LogP contribution in [-0.4, -0.2) is 29.1 Å². The number of fused-ring (bicyclic) bond motifs is 1. The maximum Gasteiger partial charge on any atom is 0.135 e. The van der Waals surface area contributed by atoms with Crippen LogP contribution in [0.25, 0.3) is 0 Å². The average Bonchev–Trinajstić information content (AvgIpc) is 2.91. The maximum absolute atomic E-state index is 4.86. The topological polar surface area (TPSA) is 41.0 Å². The van der Waals surface area contributed by atoms with Gasteiger partial charge in [0.25, 0.3) is 0 Å². The van der Waals surface area contributed by atoms with Gasteiger partial charge >= 0.3 is 0 Å². The molecule has 2 fully saturated rings. The molecule has 3 rings (SSSR count). The van der Waals surface area contributed by atoms with Gasteiger partial charge in [0.2, 0.25) is 0 Å². The zero-order valence-corrected chi connectivity index (χ0v) is 13.6. The summed E-state index contributed by atoms with van der Waals surface area (Å²) in [6, 6.07) is 2.86. The van der Waals surface area contributed by atoms with Gasteiger partial charge in [-0.1, -0.05) is 26.7 Å². The van der Waals surface area contributed by atoms with Crippen molar-refractivity contribution in [3.8, 4) is 0 Å². The highest BCUT2D eigenvalue weighted by Crippen LogP contribution is 2.38. The fourth-order valence-corrected chi connectivity index (χ4v) is 3.82. The maximum atomic E-state index is 4.86. The molecule has 1 saturated carbocycles. The van der Waals surface area contributed by atoms with E-state index in [0.29, 0.717) is 12.0 Å². The second-order valence-electron chi connectivity index (χ2n) is 6.75. The summed E-state index contributed by atoms with van der Waals surface area (Å²) in [6.07, 6.45) is 6.87. The summed E-state index contributed by atoms with van der Waals surface area (Å²) < 4.78 is 0. The third kappa shape index (κ3) is 2.99. The van der Waals surface area contributed by atoms with Crippen LogP contribution < -0.4 is 10.2 Å². The Morgan fingerprint density at radius 2 is 2.05 bits per heavy atom. The van der Waals surface area contributed by atoms with E-state index in [0.717, 1.165) is 36.5 Å². The number of anilines is 2. The van der Waals surface area contributed by atoms with Gasteiger partial charge in [0, 0.05) is 31.1 Å². The molecule has 116 valence electrons. The molecule has 0 radical (unpaired) electrons. The highest BCUT2D eigenvalue weighted by atomic mass is 15.3. The van der Waals surface area contributed by atoms with Crippen LogP contribution in [-0.2, 0) is 0 Å². The number of rotatable bonds is 4. The van der Waals surface area contributed by atoms with Crippen LogP contribution in [0.3, 0.4) is 0 Å². The van der Waals surface area contributed by atoms with Crippen LogP contribution in [0.15, 0.2) is 6.07 Å². The van der Waals surface area contributed by atoms with Gasteiger partial charge in [0.1, 0.15) is 17.5 Å². The van der Waals surface area contributed by atoms with E-state index in [1.165, 1.54) is 32.1 Å².